The van der Waals surface area contributed by atoms with Crippen molar-refractivity contribution in [1.29, 1.82) is 0 Å². The van der Waals surface area contributed by atoms with Gasteiger partial charge in [0, 0.05) is 25.0 Å². The minimum absolute atomic E-state index is 0.572. The van der Waals surface area contributed by atoms with Crippen molar-refractivity contribution in [2.75, 3.05) is 19.4 Å². The van der Waals surface area contributed by atoms with Gasteiger partial charge in [-0.1, -0.05) is 6.42 Å². The molecule has 0 saturated carbocycles. The van der Waals surface area contributed by atoms with E-state index in [-0.39, 0.29) is 0 Å². The maximum atomic E-state index is 5.71. The Hall–Kier alpha value is -0.650. The number of aromatic nitrogens is 2. The number of nitrogens with one attached hydrogen (secondary N) is 1. The van der Waals surface area contributed by atoms with Crippen LogP contribution in [0, 0.1) is 0 Å². The van der Waals surface area contributed by atoms with Crippen molar-refractivity contribution in [3.8, 4) is 0 Å². The average molecular weight is 281 g/mol. The zero-order valence-electron chi connectivity index (χ0n) is 11.6. The molecule has 5 heteroatoms. The van der Waals surface area contributed by atoms with Gasteiger partial charge in [0.1, 0.15) is 5.03 Å². The molecule has 1 fully saturated rings. The summed E-state index contributed by atoms with van der Waals surface area (Å²) >= 11 is 1.62. The highest BCUT2D eigenvalue weighted by atomic mass is 32.2. The molecule has 4 nitrogen and oxygen atoms in total. The zero-order chi connectivity index (χ0) is 13.3. The highest BCUT2D eigenvalue weighted by Crippen LogP contribution is 2.16. The van der Waals surface area contributed by atoms with Crippen molar-refractivity contribution in [1.82, 2.24) is 15.3 Å². The van der Waals surface area contributed by atoms with E-state index in [9.17, 15) is 0 Å². The highest BCUT2D eigenvalue weighted by molar-refractivity contribution is 7.98. The summed E-state index contributed by atoms with van der Waals surface area (Å²) in [6, 6.07) is 0.704. The van der Waals surface area contributed by atoms with Crippen molar-refractivity contribution >= 4 is 11.8 Å². The fourth-order valence-corrected chi connectivity index (χ4v) is 2.91. The molecule has 106 valence electrons. The maximum Gasteiger partial charge on any atom is 0.120 e. The van der Waals surface area contributed by atoms with E-state index in [1.165, 1.54) is 32.2 Å². The van der Waals surface area contributed by atoms with Gasteiger partial charge in [-0.3, -0.25) is 4.98 Å². The fourth-order valence-electron chi connectivity index (χ4n) is 2.39. The lowest BCUT2D eigenvalue weighted by atomic mass is 10.0. The Morgan fingerprint density at radius 3 is 3.05 bits per heavy atom. The van der Waals surface area contributed by atoms with Crippen LogP contribution < -0.4 is 5.32 Å². The summed E-state index contributed by atoms with van der Waals surface area (Å²) in [5.41, 5.74) is 0.950. The Morgan fingerprint density at radius 1 is 1.37 bits per heavy atom. The molecule has 1 aromatic rings. The van der Waals surface area contributed by atoms with E-state index in [2.05, 4.69) is 15.3 Å². The van der Waals surface area contributed by atoms with Crippen molar-refractivity contribution in [3.63, 3.8) is 0 Å². The van der Waals surface area contributed by atoms with E-state index in [1.807, 2.05) is 6.26 Å². The standard InChI is InChI=1S/C14H23N3OS/c1-19-14-13(16-8-9-17-14)11-18-10-4-6-12-5-2-3-7-15-12/h8-9,12,15H,2-7,10-11H2,1H3/t12-/m1/s1. The first kappa shape index (κ1) is 14.8. The lowest BCUT2D eigenvalue weighted by Crippen LogP contribution is -2.33. The van der Waals surface area contributed by atoms with Gasteiger partial charge in [0.15, 0.2) is 0 Å². The van der Waals surface area contributed by atoms with Gasteiger partial charge < -0.3 is 10.1 Å². The minimum Gasteiger partial charge on any atom is -0.375 e. The molecule has 1 atom stereocenters. The molecule has 2 rings (SSSR count). The molecule has 0 unspecified atom stereocenters. The van der Waals surface area contributed by atoms with E-state index >= 15 is 0 Å². The average Bonchev–Trinajstić information content (AvgIpc) is 2.48. The molecule has 0 radical (unpaired) electrons. The molecule has 1 N–H and O–H groups in total. The van der Waals surface area contributed by atoms with Crippen LogP contribution in [0.1, 0.15) is 37.8 Å². The van der Waals surface area contributed by atoms with E-state index in [4.69, 9.17) is 4.74 Å². The van der Waals surface area contributed by atoms with Gasteiger partial charge in [-0.2, -0.15) is 0 Å². The summed E-state index contributed by atoms with van der Waals surface area (Å²) in [6.45, 7) is 2.56. The minimum atomic E-state index is 0.572. The number of hydrogen-bond acceptors (Lipinski definition) is 5. The molecular weight excluding hydrogens is 258 g/mol. The summed E-state index contributed by atoms with van der Waals surface area (Å²) < 4.78 is 5.71. The lowest BCUT2D eigenvalue weighted by Gasteiger charge is -2.23. The number of nitrogens with zero attached hydrogens (tertiary/aromatic N) is 2. The van der Waals surface area contributed by atoms with E-state index in [0.29, 0.717) is 12.6 Å². The number of ether oxygens (including phenoxy) is 1. The topological polar surface area (TPSA) is 47.0 Å². The third-order valence-electron chi connectivity index (χ3n) is 3.42. The van der Waals surface area contributed by atoms with Gasteiger partial charge >= 0.3 is 0 Å². The first-order chi connectivity index (χ1) is 9.40. The van der Waals surface area contributed by atoms with Crippen molar-refractivity contribution in [2.45, 2.75) is 49.8 Å². The second-order valence-corrected chi connectivity index (χ2v) is 5.65. The molecule has 0 aromatic carbocycles. The molecule has 0 aliphatic carbocycles. The van der Waals surface area contributed by atoms with Crippen LogP contribution in [0.4, 0.5) is 0 Å². The second kappa shape index (κ2) is 8.51. The fraction of sp³-hybridized carbons (Fsp3) is 0.714. The van der Waals surface area contributed by atoms with Gasteiger partial charge in [0.25, 0.3) is 0 Å². The van der Waals surface area contributed by atoms with E-state index < -0.39 is 0 Å². The Morgan fingerprint density at radius 2 is 2.26 bits per heavy atom. The van der Waals surface area contributed by atoms with Gasteiger partial charge in [0.05, 0.1) is 12.3 Å². The Balaban J connectivity index is 1.61. The Bertz CT molecular complexity index is 369. The zero-order valence-corrected chi connectivity index (χ0v) is 12.4. The van der Waals surface area contributed by atoms with Gasteiger partial charge in [0.2, 0.25) is 0 Å². The third-order valence-corrected chi connectivity index (χ3v) is 4.15. The van der Waals surface area contributed by atoms with E-state index in [0.717, 1.165) is 23.7 Å². The summed E-state index contributed by atoms with van der Waals surface area (Å²) in [5.74, 6) is 0. The largest absolute Gasteiger partial charge is 0.375 e. The molecule has 19 heavy (non-hydrogen) atoms. The molecular formula is C14H23N3OS. The molecule has 1 aliphatic heterocycles. The Kier molecular flexibility index (Phi) is 6.61. The molecule has 0 spiro atoms. The predicted octanol–water partition coefficient (Wildman–Crippen LogP) is 2.64. The normalized spacial score (nSPS) is 19.5. The van der Waals surface area contributed by atoms with Crippen molar-refractivity contribution in [2.24, 2.45) is 0 Å². The van der Waals surface area contributed by atoms with Crippen LogP contribution >= 0.6 is 11.8 Å². The molecule has 0 bridgehead atoms. The first-order valence-corrected chi connectivity index (χ1v) is 8.27. The van der Waals surface area contributed by atoms with Gasteiger partial charge in [-0.05, 0) is 38.5 Å². The summed E-state index contributed by atoms with van der Waals surface area (Å²) in [4.78, 5) is 8.60. The SMILES string of the molecule is CSc1nccnc1COCCC[C@H]1CCCCN1. The van der Waals surface area contributed by atoms with Crippen LogP contribution in [0.2, 0.25) is 0 Å². The van der Waals surface area contributed by atoms with Gasteiger partial charge in [-0.15, -0.1) is 11.8 Å². The van der Waals surface area contributed by atoms with Crippen LogP contribution in [0.3, 0.4) is 0 Å². The third kappa shape index (κ3) is 5.09. The molecule has 0 amide bonds. The second-order valence-electron chi connectivity index (χ2n) is 4.85. The highest BCUT2D eigenvalue weighted by Gasteiger charge is 2.11. The molecule has 1 saturated heterocycles. The van der Waals surface area contributed by atoms with Crippen LogP contribution in [-0.4, -0.2) is 35.4 Å². The number of rotatable bonds is 7. The predicted molar refractivity (Wildman–Crippen MR) is 78.3 cm³/mol. The molecule has 1 aromatic heterocycles. The van der Waals surface area contributed by atoms with Gasteiger partial charge in [-0.25, -0.2) is 4.98 Å². The van der Waals surface area contributed by atoms with Crippen LogP contribution in [0.15, 0.2) is 17.4 Å². The number of thioether (sulfide) groups is 1. The number of hydrogen-bond donors (Lipinski definition) is 1. The molecule has 2 heterocycles. The van der Waals surface area contributed by atoms with Crippen LogP contribution in [-0.2, 0) is 11.3 Å². The summed E-state index contributed by atoms with van der Waals surface area (Å²) in [6.07, 6.45) is 11.8. The van der Waals surface area contributed by atoms with Crippen molar-refractivity contribution < 1.29 is 4.74 Å². The maximum absolute atomic E-state index is 5.71. The Labute approximate surface area is 119 Å². The van der Waals surface area contributed by atoms with E-state index in [1.54, 1.807) is 24.2 Å². The quantitative estimate of drug-likeness (QED) is 0.615. The monoisotopic (exact) mass is 281 g/mol. The summed E-state index contributed by atoms with van der Waals surface area (Å²) in [7, 11) is 0. The number of piperidine rings is 1. The first-order valence-electron chi connectivity index (χ1n) is 7.05. The smallest absolute Gasteiger partial charge is 0.120 e. The van der Waals surface area contributed by atoms with Crippen LogP contribution in [0.25, 0.3) is 0 Å². The van der Waals surface area contributed by atoms with Crippen molar-refractivity contribution in [3.05, 3.63) is 18.1 Å². The lowest BCUT2D eigenvalue weighted by molar-refractivity contribution is 0.109. The summed E-state index contributed by atoms with van der Waals surface area (Å²) in [5, 5.41) is 4.53. The molecule has 1 aliphatic rings. The van der Waals surface area contributed by atoms with Crippen LogP contribution in [0.5, 0.6) is 0 Å².